The lowest BCUT2D eigenvalue weighted by molar-refractivity contribution is -0.385. The highest BCUT2D eigenvalue weighted by atomic mass is 32.2. The van der Waals surface area contributed by atoms with Crippen LogP contribution in [0.15, 0.2) is 17.3 Å². The number of esters is 2. The lowest BCUT2D eigenvalue weighted by atomic mass is 9.97. The molecular weight excluding hydrogens is 328 g/mol. The number of thioether (sulfide) groups is 1. The van der Waals surface area contributed by atoms with E-state index in [1.807, 2.05) is 0 Å². The lowest BCUT2D eigenvalue weighted by Crippen LogP contribution is -2.49. The topological polar surface area (TPSA) is 126 Å². The molecule has 2 rings (SSSR count). The van der Waals surface area contributed by atoms with Gasteiger partial charge in [0.05, 0.1) is 10.5 Å². The summed E-state index contributed by atoms with van der Waals surface area (Å²) in [5.41, 5.74) is -0.630. The van der Waals surface area contributed by atoms with Crippen LogP contribution in [0.5, 0.6) is 0 Å². The average Bonchev–Trinajstić information content (AvgIpc) is 2.44. The van der Waals surface area contributed by atoms with Crippen molar-refractivity contribution in [3.63, 3.8) is 0 Å². The first-order chi connectivity index (χ1) is 10.7. The molecule has 23 heavy (non-hydrogen) atoms. The van der Waals surface area contributed by atoms with Crippen LogP contribution < -0.4 is 0 Å². The van der Waals surface area contributed by atoms with Crippen LogP contribution in [0.1, 0.15) is 24.2 Å². The second kappa shape index (κ2) is 5.95. The first kappa shape index (κ1) is 16.9. The summed E-state index contributed by atoms with van der Waals surface area (Å²) in [6, 6.07) is 0.974. The minimum atomic E-state index is -1.82. The molecule has 0 unspecified atom stereocenters. The largest absolute Gasteiger partial charge is 0.422 e. The molecule has 0 saturated carbocycles. The van der Waals surface area contributed by atoms with Crippen LogP contribution in [-0.4, -0.2) is 39.7 Å². The smallest absolute Gasteiger partial charge is 0.331 e. The first-order valence-electron chi connectivity index (χ1n) is 6.34. The minimum Gasteiger partial charge on any atom is -0.422 e. The molecule has 1 aliphatic rings. The van der Waals surface area contributed by atoms with Gasteiger partial charge < -0.3 is 9.47 Å². The zero-order valence-corrected chi connectivity index (χ0v) is 13.2. The molecule has 9 nitrogen and oxygen atoms in total. The standard InChI is InChI=1S/C13H12N2O7S/c1-13(2)21-11(17)8(12(18)22-13)9(16)7-4-6(15(19)20)5-14-10(7)23-3/h4-5,8H,1-3H3. The molecule has 1 saturated heterocycles. The maximum atomic E-state index is 12.5. The number of hydrogen-bond acceptors (Lipinski definition) is 9. The number of nitrogens with zero attached hydrogens (tertiary/aromatic N) is 2. The number of carbonyl (C=O) groups is 3. The SMILES string of the molecule is CSc1ncc([N+](=O)[O-])cc1C(=O)C1C(=O)OC(C)(C)OC1=O. The third-order valence-electron chi connectivity index (χ3n) is 2.93. The van der Waals surface area contributed by atoms with Gasteiger partial charge in [-0.2, -0.15) is 0 Å². The number of nitro groups is 1. The second-order valence-corrected chi connectivity index (χ2v) is 5.84. The van der Waals surface area contributed by atoms with E-state index in [1.54, 1.807) is 6.26 Å². The van der Waals surface area contributed by atoms with Gasteiger partial charge >= 0.3 is 11.9 Å². The molecule has 0 atom stereocenters. The Morgan fingerprint density at radius 1 is 1.35 bits per heavy atom. The van der Waals surface area contributed by atoms with Gasteiger partial charge in [0, 0.05) is 19.9 Å². The van der Waals surface area contributed by atoms with E-state index in [0.717, 1.165) is 24.0 Å². The number of pyridine rings is 1. The van der Waals surface area contributed by atoms with Gasteiger partial charge in [-0.1, -0.05) is 0 Å². The van der Waals surface area contributed by atoms with Crippen LogP contribution in [-0.2, 0) is 19.1 Å². The normalized spacial score (nSPS) is 17.3. The summed E-state index contributed by atoms with van der Waals surface area (Å²) in [5.74, 6) is -6.35. The Balaban J connectivity index is 2.44. The molecule has 1 aliphatic heterocycles. The van der Waals surface area contributed by atoms with Gasteiger partial charge in [0.1, 0.15) is 11.2 Å². The molecule has 0 N–H and O–H groups in total. The summed E-state index contributed by atoms with van der Waals surface area (Å²) in [6.45, 7) is 2.71. The van der Waals surface area contributed by atoms with Crippen molar-refractivity contribution < 1.29 is 28.8 Å². The van der Waals surface area contributed by atoms with Gasteiger partial charge in [-0.25, -0.2) is 4.98 Å². The van der Waals surface area contributed by atoms with Crippen LogP contribution in [0.4, 0.5) is 5.69 Å². The van der Waals surface area contributed by atoms with Crippen molar-refractivity contribution in [2.45, 2.75) is 24.7 Å². The Morgan fingerprint density at radius 2 is 1.91 bits per heavy atom. The van der Waals surface area contributed by atoms with Crippen LogP contribution in [0.3, 0.4) is 0 Å². The first-order valence-corrected chi connectivity index (χ1v) is 7.57. The maximum Gasteiger partial charge on any atom is 0.331 e. The van der Waals surface area contributed by atoms with E-state index in [0.29, 0.717) is 0 Å². The molecule has 0 spiro atoms. The summed E-state index contributed by atoms with van der Waals surface area (Å²) in [6.07, 6.45) is 2.59. The van der Waals surface area contributed by atoms with Gasteiger partial charge in [-0.3, -0.25) is 24.5 Å². The van der Waals surface area contributed by atoms with E-state index in [9.17, 15) is 24.5 Å². The Bertz CT molecular complexity index is 696. The predicted molar refractivity (Wildman–Crippen MR) is 76.8 cm³/mol. The molecule has 0 bridgehead atoms. The van der Waals surface area contributed by atoms with Gasteiger partial charge in [0.25, 0.3) is 11.5 Å². The number of aromatic nitrogens is 1. The summed E-state index contributed by atoms with van der Waals surface area (Å²) in [7, 11) is 0. The number of carbonyl (C=O) groups excluding carboxylic acids is 3. The molecule has 0 aromatic carbocycles. The zero-order valence-electron chi connectivity index (χ0n) is 12.4. The summed E-state index contributed by atoms with van der Waals surface area (Å²) < 4.78 is 9.77. The fourth-order valence-corrected chi connectivity index (χ4v) is 2.51. The highest BCUT2D eigenvalue weighted by Crippen LogP contribution is 2.29. The average molecular weight is 340 g/mol. The minimum absolute atomic E-state index is 0.158. The van der Waals surface area contributed by atoms with Crippen molar-refractivity contribution >= 4 is 35.2 Å². The van der Waals surface area contributed by atoms with Crippen LogP contribution in [0, 0.1) is 16.0 Å². The van der Waals surface area contributed by atoms with Crippen molar-refractivity contribution in [3.05, 3.63) is 27.9 Å². The van der Waals surface area contributed by atoms with Crippen LogP contribution >= 0.6 is 11.8 Å². The Morgan fingerprint density at radius 3 is 2.39 bits per heavy atom. The second-order valence-electron chi connectivity index (χ2n) is 5.05. The monoisotopic (exact) mass is 340 g/mol. The molecule has 10 heteroatoms. The fraction of sp³-hybridized carbons (Fsp3) is 0.385. The van der Waals surface area contributed by atoms with Crippen molar-refractivity contribution in [1.82, 2.24) is 4.98 Å². The molecule has 0 radical (unpaired) electrons. The Hall–Kier alpha value is -2.49. The van der Waals surface area contributed by atoms with Gasteiger partial charge in [-0.05, 0) is 6.26 Å². The molecular formula is C13H12N2O7S. The zero-order chi connectivity index (χ0) is 17.4. The van der Waals surface area contributed by atoms with E-state index in [1.165, 1.54) is 13.8 Å². The molecule has 0 aliphatic carbocycles. The van der Waals surface area contributed by atoms with E-state index in [4.69, 9.17) is 9.47 Å². The van der Waals surface area contributed by atoms with E-state index >= 15 is 0 Å². The lowest BCUT2D eigenvalue weighted by Gasteiger charge is -2.32. The number of Topliss-reactive ketones (excluding diaryl/α,β-unsaturated/α-hetero) is 1. The van der Waals surface area contributed by atoms with E-state index in [2.05, 4.69) is 4.98 Å². The van der Waals surface area contributed by atoms with E-state index in [-0.39, 0.29) is 10.6 Å². The maximum absolute atomic E-state index is 12.5. The Labute approximate surface area is 134 Å². The van der Waals surface area contributed by atoms with Crippen LogP contribution in [0.2, 0.25) is 0 Å². The number of ether oxygens (including phenoxy) is 2. The summed E-state index contributed by atoms with van der Waals surface area (Å²) in [4.78, 5) is 50.3. The summed E-state index contributed by atoms with van der Waals surface area (Å²) in [5, 5.41) is 11.0. The highest BCUT2D eigenvalue weighted by molar-refractivity contribution is 7.98. The number of ketones is 1. The summed E-state index contributed by atoms with van der Waals surface area (Å²) >= 11 is 1.05. The molecule has 122 valence electrons. The molecule has 1 aromatic rings. The molecule has 1 fully saturated rings. The fourth-order valence-electron chi connectivity index (χ4n) is 1.97. The van der Waals surface area contributed by atoms with Gasteiger partial charge in [-0.15, -0.1) is 11.8 Å². The molecule has 1 aromatic heterocycles. The molecule has 0 amide bonds. The van der Waals surface area contributed by atoms with Crippen molar-refractivity contribution in [2.24, 2.45) is 5.92 Å². The highest BCUT2D eigenvalue weighted by Gasteiger charge is 2.48. The molecule has 2 heterocycles. The third kappa shape index (κ3) is 3.31. The van der Waals surface area contributed by atoms with Crippen molar-refractivity contribution in [3.8, 4) is 0 Å². The third-order valence-corrected chi connectivity index (χ3v) is 3.64. The Kier molecular flexibility index (Phi) is 4.37. The number of cyclic esters (lactones) is 2. The van der Waals surface area contributed by atoms with Gasteiger partial charge in [0.2, 0.25) is 5.92 Å². The van der Waals surface area contributed by atoms with Crippen molar-refractivity contribution in [2.75, 3.05) is 6.26 Å². The van der Waals surface area contributed by atoms with Gasteiger partial charge in [0.15, 0.2) is 5.78 Å². The van der Waals surface area contributed by atoms with Crippen molar-refractivity contribution in [1.29, 1.82) is 0 Å². The quantitative estimate of drug-likeness (QED) is 0.199. The number of rotatable bonds is 4. The van der Waals surface area contributed by atoms with E-state index < -0.39 is 40.0 Å². The van der Waals surface area contributed by atoms with Crippen LogP contribution in [0.25, 0.3) is 0 Å². The predicted octanol–water partition coefficient (Wildman–Crippen LogP) is 1.35. The number of hydrogen-bond donors (Lipinski definition) is 0.